The van der Waals surface area contributed by atoms with Gasteiger partial charge in [-0.05, 0) is 67.3 Å². The molecule has 0 spiro atoms. The van der Waals surface area contributed by atoms with E-state index in [1.54, 1.807) is 24.3 Å². The molecular weight excluding hydrogens is 536 g/mol. The molecule has 3 aromatic carbocycles. The maximum atomic E-state index is 13.3. The number of hydrogen-bond donors (Lipinski definition) is 1. The first-order valence-corrected chi connectivity index (χ1v) is 12.7. The van der Waals surface area contributed by atoms with Gasteiger partial charge < -0.3 is 9.47 Å². The molecule has 1 aliphatic heterocycles. The van der Waals surface area contributed by atoms with Crippen molar-refractivity contribution in [3.05, 3.63) is 93.0 Å². The Kier molecular flexibility index (Phi) is 8.08. The Morgan fingerprint density at radius 2 is 1.65 bits per heavy atom. The van der Waals surface area contributed by atoms with Crippen molar-refractivity contribution in [2.75, 3.05) is 11.5 Å². The summed E-state index contributed by atoms with van der Waals surface area (Å²) in [5.41, 5.74) is 3.96. The van der Waals surface area contributed by atoms with E-state index in [1.165, 1.54) is 6.08 Å². The molecule has 7 nitrogen and oxygen atoms in total. The highest BCUT2D eigenvalue weighted by Gasteiger charge is 2.37. The van der Waals surface area contributed by atoms with Crippen LogP contribution < -0.4 is 19.7 Å². The zero-order valence-corrected chi connectivity index (χ0v) is 22.4. The van der Waals surface area contributed by atoms with Crippen molar-refractivity contribution in [2.24, 2.45) is 0 Å². The highest BCUT2D eigenvalue weighted by molar-refractivity contribution is 9.10. The van der Waals surface area contributed by atoms with E-state index in [-0.39, 0.29) is 5.57 Å². The molecular formula is C29H27BrN2O5. The van der Waals surface area contributed by atoms with Crippen molar-refractivity contribution in [3.63, 3.8) is 0 Å². The normalized spacial score (nSPS) is 14.6. The molecule has 1 saturated heterocycles. The highest BCUT2D eigenvalue weighted by atomic mass is 79.9. The number of aryl methyl sites for hydroxylation is 2. The second-order valence-electron chi connectivity index (χ2n) is 8.51. The number of ether oxygens (including phenoxy) is 2. The van der Waals surface area contributed by atoms with E-state index >= 15 is 0 Å². The number of halogens is 1. The summed E-state index contributed by atoms with van der Waals surface area (Å²) >= 11 is 3.52. The number of benzene rings is 3. The van der Waals surface area contributed by atoms with Crippen molar-refractivity contribution >= 4 is 45.5 Å². The summed E-state index contributed by atoms with van der Waals surface area (Å²) in [6.45, 7) is 6.64. The molecule has 3 aromatic rings. The third kappa shape index (κ3) is 5.91. The maximum Gasteiger partial charge on any atom is 0.335 e. The first kappa shape index (κ1) is 26.2. The van der Waals surface area contributed by atoms with Gasteiger partial charge in [0.2, 0.25) is 0 Å². The molecule has 190 valence electrons. The highest BCUT2D eigenvalue weighted by Crippen LogP contribution is 2.36. The van der Waals surface area contributed by atoms with Crippen LogP contribution in [0.5, 0.6) is 11.5 Å². The Balaban J connectivity index is 1.65. The lowest BCUT2D eigenvalue weighted by molar-refractivity contribution is -0.122. The largest absolute Gasteiger partial charge is 0.490 e. The zero-order chi connectivity index (χ0) is 26.5. The second-order valence-corrected chi connectivity index (χ2v) is 9.36. The van der Waals surface area contributed by atoms with Gasteiger partial charge in [0.15, 0.2) is 11.5 Å². The summed E-state index contributed by atoms with van der Waals surface area (Å²) in [6.07, 6.45) is 2.26. The van der Waals surface area contributed by atoms with Crippen LogP contribution in [0.4, 0.5) is 10.5 Å². The molecule has 0 saturated carbocycles. The molecule has 37 heavy (non-hydrogen) atoms. The standard InChI is InChI=1S/C29H27BrN2O5/c1-4-19-9-11-22(12-10-19)32-28(34)23(27(33)31-29(32)35)14-21-15-25(36-5-2)26(16-24(21)30)37-17-20-8-6-7-18(3)13-20/h6-16H,4-5,17H2,1-3H3,(H,31,33,35)/b23-14-. The van der Waals surface area contributed by atoms with Crippen LogP contribution in [0.25, 0.3) is 6.08 Å². The molecule has 1 aliphatic rings. The molecule has 8 heteroatoms. The Morgan fingerprint density at radius 1 is 0.919 bits per heavy atom. The number of nitrogens with one attached hydrogen (secondary N) is 1. The molecule has 4 amide bonds. The second kappa shape index (κ2) is 11.4. The molecule has 0 bridgehead atoms. The molecule has 4 rings (SSSR count). The lowest BCUT2D eigenvalue weighted by Gasteiger charge is -2.26. The van der Waals surface area contributed by atoms with E-state index in [2.05, 4.69) is 21.2 Å². The topological polar surface area (TPSA) is 84.9 Å². The van der Waals surface area contributed by atoms with Crippen LogP contribution in [0.1, 0.15) is 36.1 Å². The van der Waals surface area contributed by atoms with Crippen molar-refractivity contribution < 1.29 is 23.9 Å². The first-order valence-electron chi connectivity index (χ1n) is 12.0. The van der Waals surface area contributed by atoms with Gasteiger partial charge >= 0.3 is 6.03 Å². The van der Waals surface area contributed by atoms with Crippen molar-refractivity contribution in [1.29, 1.82) is 0 Å². The number of barbiturate groups is 1. The van der Waals surface area contributed by atoms with Crippen LogP contribution >= 0.6 is 15.9 Å². The molecule has 0 unspecified atom stereocenters. The van der Waals surface area contributed by atoms with Gasteiger partial charge in [0.25, 0.3) is 11.8 Å². The minimum atomic E-state index is -0.787. The fraction of sp³-hybridized carbons (Fsp3) is 0.207. The third-order valence-corrected chi connectivity index (χ3v) is 6.53. The Morgan fingerprint density at radius 3 is 2.32 bits per heavy atom. The van der Waals surface area contributed by atoms with Gasteiger partial charge in [0, 0.05) is 4.47 Å². The SMILES string of the molecule is CCOc1cc(/C=C2/C(=O)NC(=O)N(c3ccc(CC)cc3)C2=O)c(Br)cc1OCc1cccc(C)c1. The van der Waals surface area contributed by atoms with E-state index in [4.69, 9.17) is 9.47 Å². The smallest absolute Gasteiger partial charge is 0.335 e. The summed E-state index contributed by atoms with van der Waals surface area (Å²) in [4.78, 5) is 39.4. The van der Waals surface area contributed by atoms with Crippen LogP contribution in [-0.4, -0.2) is 24.5 Å². The minimum Gasteiger partial charge on any atom is -0.490 e. The average molecular weight is 563 g/mol. The quantitative estimate of drug-likeness (QED) is 0.270. The number of urea groups is 1. The first-order chi connectivity index (χ1) is 17.8. The maximum absolute atomic E-state index is 13.3. The molecule has 0 aliphatic carbocycles. The van der Waals surface area contributed by atoms with E-state index in [9.17, 15) is 14.4 Å². The van der Waals surface area contributed by atoms with Crippen molar-refractivity contribution in [2.45, 2.75) is 33.8 Å². The molecule has 1 heterocycles. The monoisotopic (exact) mass is 562 g/mol. The van der Waals surface area contributed by atoms with Crippen LogP contribution in [0.15, 0.2) is 70.7 Å². The Hall–Kier alpha value is -3.91. The number of hydrogen-bond acceptors (Lipinski definition) is 5. The molecule has 0 atom stereocenters. The lowest BCUT2D eigenvalue weighted by Crippen LogP contribution is -2.54. The molecule has 1 N–H and O–H groups in total. The Labute approximate surface area is 224 Å². The van der Waals surface area contributed by atoms with Crippen LogP contribution in [0.3, 0.4) is 0 Å². The minimum absolute atomic E-state index is 0.171. The predicted octanol–water partition coefficient (Wildman–Crippen LogP) is 5.96. The summed E-state index contributed by atoms with van der Waals surface area (Å²) < 4.78 is 12.4. The number of amides is 4. The number of imide groups is 2. The number of rotatable bonds is 8. The number of carbonyl (C=O) groups excluding carboxylic acids is 3. The lowest BCUT2D eigenvalue weighted by atomic mass is 10.1. The van der Waals surface area contributed by atoms with Crippen LogP contribution in [0, 0.1) is 6.92 Å². The molecule has 0 radical (unpaired) electrons. The Bertz CT molecular complexity index is 1380. The summed E-state index contributed by atoms with van der Waals surface area (Å²) in [7, 11) is 0. The fourth-order valence-corrected chi connectivity index (χ4v) is 4.37. The van der Waals surface area contributed by atoms with Crippen LogP contribution in [-0.2, 0) is 22.6 Å². The predicted molar refractivity (Wildman–Crippen MR) is 146 cm³/mol. The van der Waals surface area contributed by atoms with Gasteiger partial charge in [0.1, 0.15) is 12.2 Å². The summed E-state index contributed by atoms with van der Waals surface area (Å²) in [5.74, 6) is -0.481. The van der Waals surface area contributed by atoms with E-state index in [1.807, 2.05) is 57.2 Å². The zero-order valence-electron chi connectivity index (χ0n) is 20.8. The van der Waals surface area contributed by atoms with Gasteiger partial charge in [-0.1, -0.05) is 64.8 Å². The van der Waals surface area contributed by atoms with E-state index in [0.29, 0.717) is 40.4 Å². The van der Waals surface area contributed by atoms with Gasteiger partial charge in [-0.15, -0.1) is 0 Å². The number of carbonyl (C=O) groups is 3. The average Bonchev–Trinajstić information content (AvgIpc) is 2.87. The number of nitrogens with zero attached hydrogens (tertiary/aromatic N) is 1. The summed E-state index contributed by atoms with van der Waals surface area (Å²) in [6, 6.07) is 17.7. The van der Waals surface area contributed by atoms with Crippen molar-refractivity contribution in [3.8, 4) is 11.5 Å². The summed E-state index contributed by atoms with van der Waals surface area (Å²) in [5, 5.41) is 2.26. The van der Waals surface area contributed by atoms with Crippen LogP contribution in [0.2, 0.25) is 0 Å². The third-order valence-electron chi connectivity index (χ3n) is 5.84. The van der Waals surface area contributed by atoms with Gasteiger partial charge in [-0.2, -0.15) is 0 Å². The van der Waals surface area contributed by atoms with Gasteiger partial charge in [-0.25, -0.2) is 9.69 Å². The number of anilines is 1. The van der Waals surface area contributed by atoms with Gasteiger partial charge in [0.05, 0.1) is 12.3 Å². The van der Waals surface area contributed by atoms with E-state index in [0.717, 1.165) is 28.0 Å². The van der Waals surface area contributed by atoms with E-state index < -0.39 is 17.8 Å². The molecule has 0 aromatic heterocycles. The van der Waals surface area contributed by atoms with Crippen molar-refractivity contribution in [1.82, 2.24) is 5.32 Å². The molecule has 1 fully saturated rings. The van der Waals surface area contributed by atoms with Gasteiger partial charge in [-0.3, -0.25) is 14.9 Å². The fourth-order valence-electron chi connectivity index (χ4n) is 3.93.